The first-order chi connectivity index (χ1) is 12.7. The molecule has 2 rings (SSSR count). The molecule has 0 amide bonds. The van der Waals surface area contributed by atoms with Gasteiger partial charge in [-0.1, -0.05) is 23.7 Å². The van der Waals surface area contributed by atoms with Crippen molar-refractivity contribution in [2.24, 2.45) is 0 Å². The minimum Gasteiger partial charge on any atom is -0.468 e. The van der Waals surface area contributed by atoms with Crippen molar-refractivity contribution in [2.75, 3.05) is 7.11 Å². The Kier molecular flexibility index (Phi) is 7.10. The molecule has 0 aliphatic carbocycles. The van der Waals surface area contributed by atoms with Crippen molar-refractivity contribution in [2.45, 2.75) is 25.9 Å². The normalized spacial score (nSPS) is 11.8. The van der Waals surface area contributed by atoms with E-state index in [2.05, 4.69) is 20.9 Å². The third-order valence-corrected chi connectivity index (χ3v) is 4.24. The molecular weight excluding hydrogens is 438 g/mol. The van der Waals surface area contributed by atoms with Gasteiger partial charge in [0.2, 0.25) is 0 Å². The summed E-state index contributed by atoms with van der Waals surface area (Å²) in [5.74, 6) is -3.41. The maximum Gasteiger partial charge on any atom is 0.357 e. The highest BCUT2D eigenvalue weighted by Gasteiger charge is 2.34. The number of hydrogen-bond donors (Lipinski definition) is 0. The van der Waals surface area contributed by atoms with Gasteiger partial charge in [-0.3, -0.25) is 9.59 Å². The van der Waals surface area contributed by atoms with Crippen LogP contribution in [0.4, 0.5) is 0 Å². The number of methoxy groups -OCH3 is 1. The van der Waals surface area contributed by atoms with Crippen LogP contribution in [0.1, 0.15) is 46.2 Å². The van der Waals surface area contributed by atoms with Gasteiger partial charge in [0, 0.05) is 15.7 Å². The molecule has 1 unspecified atom stereocenters. The van der Waals surface area contributed by atoms with Crippen molar-refractivity contribution in [3.8, 4) is 0 Å². The zero-order valence-corrected chi connectivity index (χ0v) is 17.2. The van der Waals surface area contributed by atoms with Crippen LogP contribution in [0.5, 0.6) is 0 Å². The highest BCUT2D eigenvalue weighted by atomic mass is 79.9. The van der Waals surface area contributed by atoms with Gasteiger partial charge in [-0.15, -0.1) is 0 Å². The fourth-order valence-electron chi connectivity index (χ4n) is 2.38. The van der Waals surface area contributed by atoms with Crippen LogP contribution in [0.15, 0.2) is 41.0 Å². The summed E-state index contributed by atoms with van der Waals surface area (Å²) in [5, 5.41) is 0.458. The van der Waals surface area contributed by atoms with E-state index < -0.39 is 29.7 Å². The zero-order valence-electron chi connectivity index (χ0n) is 14.9. The van der Waals surface area contributed by atoms with E-state index in [1.54, 1.807) is 38.1 Å². The van der Waals surface area contributed by atoms with Crippen molar-refractivity contribution in [3.63, 3.8) is 0 Å². The molecule has 1 heterocycles. The van der Waals surface area contributed by atoms with Gasteiger partial charge in [-0.25, -0.2) is 9.78 Å². The minimum absolute atomic E-state index is 0.0413. The van der Waals surface area contributed by atoms with Crippen LogP contribution < -0.4 is 0 Å². The lowest BCUT2D eigenvalue weighted by Gasteiger charge is -2.16. The monoisotopic (exact) mass is 453 g/mol. The molecule has 1 atom stereocenters. The van der Waals surface area contributed by atoms with Gasteiger partial charge in [0.25, 0.3) is 0 Å². The SMILES string of the molecule is COC(=O)C(C(=O)c1cc(Br)cnc1C(=O)OC(C)C)c1ccc(Cl)cc1. The molecule has 0 aliphatic rings. The molecule has 2 aromatic rings. The summed E-state index contributed by atoms with van der Waals surface area (Å²) in [5.41, 5.74) is 0.180. The van der Waals surface area contributed by atoms with Crippen molar-refractivity contribution in [3.05, 3.63) is 62.8 Å². The molecular formula is C19H17BrClNO5. The van der Waals surface area contributed by atoms with Crippen molar-refractivity contribution in [1.29, 1.82) is 0 Å². The number of hydrogen-bond acceptors (Lipinski definition) is 6. The fourth-order valence-corrected chi connectivity index (χ4v) is 2.84. The number of Topliss-reactive ketones (excluding diaryl/α,β-unsaturated/α-hetero) is 1. The van der Waals surface area contributed by atoms with E-state index in [1.165, 1.54) is 19.4 Å². The second kappa shape index (κ2) is 9.10. The number of nitrogens with zero attached hydrogens (tertiary/aromatic N) is 1. The lowest BCUT2D eigenvalue weighted by Crippen LogP contribution is -2.26. The summed E-state index contributed by atoms with van der Waals surface area (Å²) in [6.07, 6.45) is 0.988. The number of carbonyl (C=O) groups is 3. The van der Waals surface area contributed by atoms with E-state index in [0.717, 1.165) is 0 Å². The second-order valence-electron chi connectivity index (χ2n) is 5.88. The van der Waals surface area contributed by atoms with Gasteiger partial charge in [-0.05, 0) is 53.5 Å². The zero-order chi connectivity index (χ0) is 20.1. The number of rotatable bonds is 6. The van der Waals surface area contributed by atoms with Gasteiger partial charge in [0.15, 0.2) is 11.5 Å². The van der Waals surface area contributed by atoms with E-state index in [0.29, 0.717) is 15.1 Å². The Morgan fingerprint density at radius 1 is 1.15 bits per heavy atom. The number of ether oxygens (including phenoxy) is 2. The molecule has 0 spiro atoms. The predicted octanol–water partition coefficient (Wildman–Crippen LogP) is 4.20. The Labute approximate surface area is 170 Å². The fraction of sp³-hybridized carbons (Fsp3) is 0.263. The van der Waals surface area contributed by atoms with E-state index >= 15 is 0 Å². The molecule has 0 N–H and O–H groups in total. The second-order valence-corrected chi connectivity index (χ2v) is 7.23. The van der Waals surface area contributed by atoms with Crippen LogP contribution in [0.3, 0.4) is 0 Å². The number of ketones is 1. The summed E-state index contributed by atoms with van der Waals surface area (Å²) >= 11 is 9.12. The number of pyridine rings is 1. The van der Waals surface area contributed by atoms with Gasteiger partial charge >= 0.3 is 11.9 Å². The van der Waals surface area contributed by atoms with Gasteiger partial charge < -0.3 is 9.47 Å². The molecule has 0 fully saturated rings. The molecule has 0 saturated heterocycles. The molecule has 0 radical (unpaired) electrons. The van der Waals surface area contributed by atoms with Crippen molar-refractivity contribution in [1.82, 2.24) is 4.98 Å². The minimum atomic E-state index is -1.27. The van der Waals surface area contributed by atoms with E-state index in [4.69, 9.17) is 21.1 Å². The maximum atomic E-state index is 13.2. The number of carbonyl (C=O) groups excluding carboxylic acids is 3. The first kappa shape index (κ1) is 21.1. The largest absolute Gasteiger partial charge is 0.468 e. The number of benzene rings is 1. The lowest BCUT2D eigenvalue weighted by atomic mass is 9.90. The smallest absolute Gasteiger partial charge is 0.357 e. The van der Waals surface area contributed by atoms with Crippen molar-refractivity contribution >= 4 is 45.3 Å². The molecule has 8 heteroatoms. The highest BCUT2D eigenvalue weighted by Crippen LogP contribution is 2.27. The summed E-state index contributed by atoms with van der Waals surface area (Å²) in [4.78, 5) is 41.9. The van der Waals surface area contributed by atoms with Crippen LogP contribution in [-0.4, -0.2) is 35.9 Å². The average Bonchev–Trinajstić information content (AvgIpc) is 2.62. The number of aromatic nitrogens is 1. The Hall–Kier alpha value is -2.25. The first-order valence-electron chi connectivity index (χ1n) is 7.98. The molecule has 27 heavy (non-hydrogen) atoms. The van der Waals surface area contributed by atoms with Crippen LogP contribution in [0, 0.1) is 0 Å². The van der Waals surface area contributed by atoms with E-state index in [9.17, 15) is 14.4 Å². The van der Waals surface area contributed by atoms with E-state index in [-0.39, 0.29) is 11.3 Å². The van der Waals surface area contributed by atoms with Crippen LogP contribution in [-0.2, 0) is 14.3 Å². The maximum absolute atomic E-state index is 13.2. The Morgan fingerprint density at radius 3 is 2.33 bits per heavy atom. The summed E-state index contributed by atoms with van der Waals surface area (Å²) in [7, 11) is 1.19. The van der Waals surface area contributed by atoms with Crippen LogP contribution in [0.2, 0.25) is 5.02 Å². The third kappa shape index (κ3) is 5.14. The topological polar surface area (TPSA) is 82.6 Å². The van der Waals surface area contributed by atoms with Gasteiger partial charge in [0.1, 0.15) is 5.92 Å². The van der Waals surface area contributed by atoms with Gasteiger partial charge in [-0.2, -0.15) is 0 Å². The van der Waals surface area contributed by atoms with Crippen LogP contribution >= 0.6 is 27.5 Å². The Morgan fingerprint density at radius 2 is 1.78 bits per heavy atom. The molecule has 6 nitrogen and oxygen atoms in total. The number of esters is 2. The predicted molar refractivity (Wildman–Crippen MR) is 103 cm³/mol. The number of halogens is 2. The molecule has 0 bridgehead atoms. The molecule has 142 valence electrons. The Bertz CT molecular complexity index is 867. The summed E-state index contributed by atoms with van der Waals surface area (Å²) < 4.78 is 10.4. The average molecular weight is 455 g/mol. The molecule has 1 aromatic heterocycles. The Balaban J connectivity index is 2.54. The summed E-state index contributed by atoms with van der Waals surface area (Å²) in [6.45, 7) is 3.37. The van der Waals surface area contributed by atoms with Gasteiger partial charge in [0.05, 0.1) is 18.8 Å². The molecule has 1 aromatic carbocycles. The summed E-state index contributed by atoms with van der Waals surface area (Å²) in [6, 6.07) is 7.66. The van der Waals surface area contributed by atoms with Crippen LogP contribution in [0.25, 0.3) is 0 Å². The lowest BCUT2D eigenvalue weighted by molar-refractivity contribution is -0.141. The quantitative estimate of drug-likeness (QED) is 0.369. The standard InChI is InChI=1S/C19H17BrClNO5/c1-10(2)27-19(25)16-14(8-12(20)9-22-16)17(23)15(18(24)26-3)11-4-6-13(21)7-5-11/h4-10,15H,1-3H3. The third-order valence-electron chi connectivity index (χ3n) is 3.56. The van der Waals surface area contributed by atoms with E-state index in [1.807, 2.05) is 0 Å². The highest BCUT2D eigenvalue weighted by molar-refractivity contribution is 9.10. The van der Waals surface area contributed by atoms with Crippen molar-refractivity contribution < 1.29 is 23.9 Å². The first-order valence-corrected chi connectivity index (χ1v) is 9.15. The molecule has 0 saturated carbocycles. The molecule has 0 aliphatic heterocycles.